The molecule has 21 heavy (non-hydrogen) atoms. The molecule has 2 aromatic carbocycles. The van der Waals surface area contributed by atoms with Gasteiger partial charge < -0.3 is 14.6 Å². The summed E-state index contributed by atoms with van der Waals surface area (Å²) in [5, 5.41) is 10.2. The van der Waals surface area contributed by atoms with Crippen molar-refractivity contribution in [1.29, 1.82) is 0 Å². The zero-order valence-electron chi connectivity index (χ0n) is 11.4. The van der Waals surface area contributed by atoms with Crippen molar-refractivity contribution < 1.29 is 27.8 Å². The average molecular weight is 298 g/mol. The minimum atomic E-state index is -1.66. The molecule has 0 aliphatic heterocycles. The molecule has 0 spiro atoms. The smallest absolute Gasteiger partial charge is 0.135 e. The third kappa shape index (κ3) is 2.95. The van der Waals surface area contributed by atoms with Gasteiger partial charge in [-0.25, -0.2) is 13.2 Å². The Morgan fingerprint density at radius 2 is 1.57 bits per heavy atom. The first kappa shape index (κ1) is 15.2. The Morgan fingerprint density at radius 3 is 2.10 bits per heavy atom. The quantitative estimate of drug-likeness (QED) is 0.942. The van der Waals surface area contributed by atoms with Gasteiger partial charge in [0.15, 0.2) is 0 Å². The molecule has 0 heterocycles. The highest BCUT2D eigenvalue weighted by atomic mass is 19.1. The van der Waals surface area contributed by atoms with Crippen molar-refractivity contribution in [3.63, 3.8) is 0 Å². The highest BCUT2D eigenvalue weighted by molar-refractivity contribution is 5.45. The van der Waals surface area contributed by atoms with E-state index in [2.05, 4.69) is 0 Å². The molecule has 6 heteroatoms. The standard InChI is InChI=1S/C15H13F3O3/c1-20-9-3-4-13(21-2)10(7-9)15(19)14-11(17)5-8(16)6-12(14)18/h3-7,15,19H,1-2H3. The van der Waals surface area contributed by atoms with E-state index >= 15 is 0 Å². The van der Waals surface area contributed by atoms with Gasteiger partial charge in [-0.15, -0.1) is 0 Å². The SMILES string of the molecule is COc1ccc(OC)c(C(O)c2c(F)cc(F)cc2F)c1. The second-order valence-corrected chi connectivity index (χ2v) is 4.29. The molecule has 0 saturated carbocycles. The predicted molar refractivity (Wildman–Crippen MR) is 69.9 cm³/mol. The third-order valence-corrected chi connectivity index (χ3v) is 3.05. The zero-order chi connectivity index (χ0) is 15.6. The maximum atomic E-state index is 13.8. The van der Waals surface area contributed by atoms with Crippen LogP contribution < -0.4 is 9.47 Å². The van der Waals surface area contributed by atoms with E-state index in [1.807, 2.05) is 0 Å². The van der Waals surface area contributed by atoms with Gasteiger partial charge in [0.2, 0.25) is 0 Å². The molecule has 0 saturated heterocycles. The van der Waals surface area contributed by atoms with Gasteiger partial charge in [0.25, 0.3) is 0 Å². The molecular formula is C15H13F3O3. The van der Waals surface area contributed by atoms with Crippen LogP contribution in [0, 0.1) is 17.5 Å². The van der Waals surface area contributed by atoms with Crippen LogP contribution in [0.25, 0.3) is 0 Å². The van der Waals surface area contributed by atoms with E-state index in [-0.39, 0.29) is 11.3 Å². The van der Waals surface area contributed by atoms with Gasteiger partial charge in [-0.2, -0.15) is 0 Å². The maximum absolute atomic E-state index is 13.8. The van der Waals surface area contributed by atoms with Gasteiger partial charge in [-0.3, -0.25) is 0 Å². The lowest BCUT2D eigenvalue weighted by Gasteiger charge is -2.17. The molecule has 3 nitrogen and oxygen atoms in total. The molecule has 1 atom stereocenters. The molecule has 0 amide bonds. The minimum Gasteiger partial charge on any atom is -0.497 e. The molecule has 2 rings (SSSR count). The summed E-state index contributed by atoms with van der Waals surface area (Å²) in [6.45, 7) is 0. The molecule has 1 N–H and O–H groups in total. The van der Waals surface area contributed by atoms with Crippen molar-refractivity contribution >= 4 is 0 Å². The summed E-state index contributed by atoms with van der Waals surface area (Å²) in [7, 11) is 2.77. The summed E-state index contributed by atoms with van der Waals surface area (Å²) in [5.74, 6) is -2.80. The number of ether oxygens (including phenoxy) is 2. The molecular weight excluding hydrogens is 285 g/mol. The molecule has 0 aliphatic carbocycles. The van der Waals surface area contributed by atoms with E-state index < -0.39 is 29.1 Å². The van der Waals surface area contributed by atoms with Crippen LogP contribution in [0.2, 0.25) is 0 Å². The van der Waals surface area contributed by atoms with Crippen LogP contribution in [-0.4, -0.2) is 19.3 Å². The Balaban J connectivity index is 2.56. The second kappa shape index (κ2) is 6.05. The van der Waals surface area contributed by atoms with Crippen LogP contribution in [0.15, 0.2) is 30.3 Å². The first-order valence-electron chi connectivity index (χ1n) is 6.02. The van der Waals surface area contributed by atoms with Gasteiger partial charge in [-0.05, 0) is 18.2 Å². The number of methoxy groups -OCH3 is 2. The molecule has 0 bridgehead atoms. The molecule has 112 valence electrons. The summed E-state index contributed by atoms with van der Waals surface area (Å²) in [6.07, 6.45) is -1.66. The minimum absolute atomic E-state index is 0.112. The first-order valence-corrected chi connectivity index (χ1v) is 6.02. The van der Waals surface area contributed by atoms with E-state index in [0.717, 1.165) is 0 Å². The van der Waals surface area contributed by atoms with E-state index in [4.69, 9.17) is 9.47 Å². The fraction of sp³-hybridized carbons (Fsp3) is 0.200. The van der Waals surface area contributed by atoms with Crippen LogP contribution in [0.5, 0.6) is 11.5 Å². The highest BCUT2D eigenvalue weighted by Crippen LogP contribution is 2.35. The first-order chi connectivity index (χ1) is 9.97. The van der Waals surface area contributed by atoms with Crippen molar-refractivity contribution in [1.82, 2.24) is 0 Å². The van der Waals surface area contributed by atoms with Gasteiger partial charge >= 0.3 is 0 Å². The highest BCUT2D eigenvalue weighted by Gasteiger charge is 2.24. The Bertz CT molecular complexity index is 636. The molecule has 1 unspecified atom stereocenters. The number of hydrogen-bond donors (Lipinski definition) is 1. The number of hydrogen-bond acceptors (Lipinski definition) is 3. The van der Waals surface area contributed by atoms with E-state index in [1.165, 1.54) is 26.4 Å². The largest absolute Gasteiger partial charge is 0.497 e. The lowest BCUT2D eigenvalue weighted by Crippen LogP contribution is -2.08. The van der Waals surface area contributed by atoms with Gasteiger partial charge in [0.05, 0.1) is 19.8 Å². The molecule has 0 aliphatic rings. The summed E-state index contributed by atoms with van der Waals surface area (Å²) in [5.41, 5.74) is -0.538. The summed E-state index contributed by atoms with van der Waals surface area (Å²) >= 11 is 0. The number of rotatable bonds is 4. The molecule has 0 aromatic heterocycles. The van der Waals surface area contributed by atoms with Gasteiger partial charge in [0.1, 0.15) is 35.1 Å². The maximum Gasteiger partial charge on any atom is 0.135 e. The summed E-state index contributed by atoms with van der Waals surface area (Å²) in [6, 6.07) is 5.48. The second-order valence-electron chi connectivity index (χ2n) is 4.29. The Hall–Kier alpha value is -2.21. The van der Waals surface area contributed by atoms with Crippen LogP contribution in [0.4, 0.5) is 13.2 Å². The predicted octanol–water partition coefficient (Wildman–Crippen LogP) is 3.20. The lowest BCUT2D eigenvalue weighted by atomic mass is 9.99. The summed E-state index contributed by atoms with van der Waals surface area (Å²) in [4.78, 5) is 0. The van der Waals surface area contributed by atoms with Crippen LogP contribution >= 0.6 is 0 Å². The van der Waals surface area contributed by atoms with Gasteiger partial charge in [-0.1, -0.05) is 0 Å². The van der Waals surface area contributed by atoms with E-state index in [1.54, 1.807) is 6.07 Å². The van der Waals surface area contributed by atoms with Crippen LogP contribution in [0.1, 0.15) is 17.2 Å². The summed E-state index contributed by atoms with van der Waals surface area (Å²) < 4.78 is 50.5. The molecule has 2 aromatic rings. The van der Waals surface area contributed by atoms with Crippen molar-refractivity contribution in [2.75, 3.05) is 14.2 Å². The fourth-order valence-corrected chi connectivity index (χ4v) is 2.02. The van der Waals surface area contributed by atoms with Gasteiger partial charge in [0, 0.05) is 17.7 Å². The van der Waals surface area contributed by atoms with Crippen molar-refractivity contribution in [2.24, 2.45) is 0 Å². The zero-order valence-corrected chi connectivity index (χ0v) is 11.4. The molecule has 0 fully saturated rings. The number of aliphatic hydroxyl groups is 1. The lowest BCUT2D eigenvalue weighted by molar-refractivity contribution is 0.203. The average Bonchev–Trinajstić information content (AvgIpc) is 2.45. The number of aliphatic hydroxyl groups excluding tert-OH is 1. The Kier molecular flexibility index (Phi) is 4.37. The fourth-order valence-electron chi connectivity index (χ4n) is 2.02. The topological polar surface area (TPSA) is 38.7 Å². The number of halogens is 3. The van der Waals surface area contributed by atoms with E-state index in [0.29, 0.717) is 17.9 Å². The monoisotopic (exact) mass is 298 g/mol. The Morgan fingerprint density at radius 1 is 0.952 bits per heavy atom. The Labute approximate surface area is 119 Å². The van der Waals surface area contributed by atoms with Crippen molar-refractivity contribution in [3.05, 3.63) is 58.9 Å². The van der Waals surface area contributed by atoms with Crippen molar-refractivity contribution in [2.45, 2.75) is 6.10 Å². The third-order valence-electron chi connectivity index (χ3n) is 3.05. The number of benzene rings is 2. The normalized spacial score (nSPS) is 12.1. The van der Waals surface area contributed by atoms with Crippen LogP contribution in [-0.2, 0) is 0 Å². The van der Waals surface area contributed by atoms with E-state index in [9.17, 15) is 18.3 Å². The molecule has 0 radical (unpaired) electrons. The van der Waals surface area contributed by atoms with Crippen molar-refractivity contribution in [3.8, 4) is 11.5 Å². The van der Waals surface area contributed by atoms with Crippen LogP contribution in [0.3, 0.4) is 0 Å².